The third-order valence-electron chi connectivity index (χ3n) is 3.32. The number of urea groups is 1. The van der Waals surface area contributed by atoms with Gasteiger partial charge in [-0.3, -0.25) is 4.79 Å². The van der Waals surface area contributed by atoms with Crippen LogP contribution in [-0.2, 0) is 4.79 Å². The van der Waals surface area contributed by atoms with Crippen LogP contribution in [0.25, 0.3) is 0 Å². The van der Waals surface area contributed by atoms with Crippen LogP contribution >= 0.6 is 23.2 Å². The monoisotopic (exact) mass is 316 g/mol. The second kappa shape index (κ2) is 6.33. The first-order valence-corrected chi connectivity index (χ1v) is 6.97. The lowest BCUT2D eigenvalue weighted by atomic mass is 10.1. The van der Waals surface area contributed by atoms with Gasteiger partial charge in [0.2, 0.25) is 0 Å². The van der Waals surface area contributed by atoms with E-state index in [9.17, 15) is 9.59 Å². The number of amides is 2. The van der Waals surface area contributed by atoms with Crippen molar-refractivity contribution in [2.45, 2.75) is 25.3 Å². The summed E-state index contributed by atoms with van der Waals surface area (Å²) in [5.74, 6) is -1.19. The summed E-state index contributed by atoms with van der Waals surface area (Å²) in [6.07, 6.45) is 1.69. The zero-order valence-electron chi connectivity index (χ0n) is 10.5. The van der Waals surface area contributed by atoms with Crippen LogP contribution in [0.4, 0.5) is 10.5 Å². The van der Waals surface area contributed by atoms with Crippen LogP contribution in [0.15, 0.2) is 18.2 Å². The maximum Gasteiger partial charge on any atom is 0.319 e. The van der Waals surface area contributed by atoms with Gasteiger partial charge in [-0.2, -0.15) is 0 Å². The number of carbonyl (C=O) groups is 2. The molecule has 2 unspecified atom stereocenters. The molecule has 1 aliphatic carbocycles. The molecule has 0 radical (unpaired) electrons. The molecule has 1 aromatic carbocycles. The van der Waals surface area contributed by atoms with Gasteiger partial charge in [-0.25, -0.2) is 4.79 Å². The van der Waals surface area contributed by atoms with E-state index in [1.807, 2.05) is 0 Å². The summed E-state index contributed by atoms with van der Waals surface area (Å²) in [5.41, 5.74) is 0.421. The third kappa shape index (κ3) is 3.55. The van der Waals surface area contributed by atoms with Gasteiger partial charge in [0.15, 0.2) is 0 Å². The Hall–Kier alpha value is -1.46. The smallest absolute Gasteiger partial charge is 0.319 e. The van der Waals surface area contributed by atoms with E-state index in [2.05, 4.69) is 10.6 Å². The molecule has 1 aromatic rings. The highest BCUT2D eigenvalue weighted by molar-refractivity contribution is 6.43. The number of hydrogen-bond donors (Lipinski definition) is 3. The Morgan fingerprint density at radius 1 is 1.25 bits per heavy atom. The lowest BCUT2D eigenvalue weighted by molar-refractivity contribution is -0.141. The summed E-state index contributed by atoms with van der Waals surface area (Å²) in [7, 11) is 0. The van der Waals surface area contributed by atoms with Crippen molar-refractivity contribution in [3.63, 3.8) is 0 Å². The molecule has 0 aliphatic heterocycles. The molecule has 0 aromatic heterocycles. The summed E-state index contributed by atoms with van der Waals surface area (Å²) in [4.78, 5) is 22.7. The maximum absolute atomic E-state index is 11.8. The second-order valence-corrected chi connectivity index (χ2v) is 5.53. The average Bonchev–Trinajstić information content (AvgIpc) is 2.83. The summed E-state index contributed by atoms with van der Waals surface area (Å²) in [5, 5.41) is 14.9. The molecular weight excluding hydrogens is 303 g/mol. The molecule has 3 N–H and O–H groups in total. The Morgan fingerprint density at radius 2 is 2.00 bits per heavy atom. The SMILES string of the molecule is O=C(Nc1cccc(Cl)c1Cl)NC1CCC(C(=O)O)C1. The molecule has 1 saturated carbocycles. The average molecular weight is 317 g/mol. The van der Waals surface area contributed by atoms with E-state index in [0.29, 0.717) is 30.0 Å². The van der Waals surface area contributed by atoms with E-state index in [-0.39, 0.29) is 17.0 Å². The van der Waals surface area contributed by atoms with Gasteiger partial charge in [0.1, 0.15) is 0 Å². The molecule has 20 heavy (non-hydrogen) atoms. The van der Waals surface area contributed by atoms with Crippen molar-refractivity contribution in [1.29, 1.82) is 0 Å². The number of hydrogen-bond acceptors (Lipinski definition) is 2. The van der Waals surface area contributed by atoms with E-state index in [4.69, 9.17) is 28.3 Å². The first kappa shape index (κ1) is 14.9. The normalized spacial score (nSPS) is 21.5. The van der Waals surface area contributed by atoms with Crippen LogP contribution in [0.1, 0.15) is 19.3 Å². The minimum absolute atomic E-state index is 0.131. The van der Waals surface area contributed by atoms with Gasteiger partial charge in [-0.1, -0.05) is 29.3 Å². The van der Waals surface area contributed by atoms with E-state index < -0.39 is 12.0 Å². The number of aliphatic carboxylic acids is 1. The predicted molar refractivity (Wildman–Crippen MR) is 77.4 cm³/mol. The standard InChI is InChI=1S/C13H14Cl2N2O3/c14-9-2-1-3-10(11(9)15)17-13(20)16-8-5-4-7(6-8)12(18)19/h1-3,7-8H,4-6H2,(H,18,19)(H2,16,17,20). The Bertz CT molecular complexity index is 536. The molecule has 2 amide bonds. The Balaban J connectivity index is 1.90. The molecule has 0 spiro atoms. The van der Waals surface area contributed by atoms with Crippen LogP contribution < -0.4 is 10.6 Å². The predicted octanol–water partition coefficient (Wildman–Crippen LogP) is 3.37. The zero-order chi connectivity index (χ0) is 14.7. The van der Waals surface area contributed by atoms with Crippen molar-refractivity contribution in [3.8, 4) is 0 Å². The van der Waals surface area contributed by atoms with Crippen LogP contribution in [-0.4, -0.2) is 23.1 Å². The van der Waals surface area contributed by atoms with Gasteiger partial charge >= 0.3 is 12.0 Å². The molecule has 108 valence electrons. The summed E-state index contributed by atoms with van der Waals surface area (Å²) in [6, 6.07) is 4.41. The van der Waals surface area contributed by atoms with Crippen LogP contribution in [0, 0.1) is 5.92 Å². The second-order valence-electron chi connectivity index (χ2n) is 4.74. The quantitative estimate of drug-likeness (QED) is 0.800. The number of carboxylic acids is 1. The number of halogens is 2. The van der Waals surface area contributed by atoms with Crippen molar-refractivity contribution >= 4 is 40.9 Å². The minimum Gasteiger partial charge on any atom is -0.481 e. The molecule has 1 aliphatic rings. The highest BCUT2D eigenvalue weighted by Crippen LogP contribution is 2.30. The highest BCUT2D eigenvalue weighted by Gasteiger charge is 2.30. The van der Waals surface area contributed by atoms with Crippen LogP contribution in [0.3, 0.4) is 0 Å². The van der Waals surface area contributed by atoms with Gasteiger partial charge < -0.3 is 15.7 Å². The van der Waals surface area contributed by atoms with Crippen LogP contribution in [0.5, 0.6) is 0 Å². The Morgan fingerprint density at radius 3 is 2.65 bits per heavy atom. The van der Waals surface area contributed by atoms with E-state index >= 15 is 0 Å². The number of anilines is 1. The fourth-order valence-electron chi connectivity index (χ4n) is 2.28. The maximum atomic E-state index is 11.8. The minimum atomic E-state index is -0.812. The first-order valence-electron chi connectivity index (χ1n) is 6.21. The van der Waals surface area contributed by atoms with Gasteiger partial charge in [0.05, 0.1) is 21.7 Å². The highest BCUT2D eigenvalue weighted by atomic mass is 35.5. The third-order valence-corrected chi connectivity index (χ3v) is 4.14. The van der Waals surface area contributed by atoms with E-state index in [1.165, 1.54) is 0 Å². The molecule has 5 nitrogen and oxygen atoms in total. The largest absolute Gasteiger partial charge is 0.481 e. The van der Waals surface area contributed by atoms with Gasteiger partial charge in [0.25, 0.3) is 0 Å². The van der Waals surface area contributed by atoms with E-state index in [1.54, 1.807) is 18.2 Å². The van der Waals surface area contributed by atoms with Crippen molar-refractivity contribution in [2.24, 2.45) is 5.92 Å². The molecule has 0 bridgehead atoms. The lowest BCUT2D eigenvalue weighted by Crippen LogP contribution is -2.36. The zero-order valence-corrected chi connectivity index (χ0v) is 12.0. The van der Waals surface area contributed by atoms with Gasteiger partial charge in [-0.05, 0) is 31.4 Å². The molecule has 0 saturated heterocycles. The fraction of sp³-hybridized carbons (Fsp3) is 0.385. The molecule has 7 heteroatoms. The van der Waals surface area contributed by atoms with Crippen LogP contribution in [0.2, 0.25) is 10.0 Å². The van der Waals surface area contributed by atoms with Gasteiger partial charge in [0, 0.05) is 6.04 Å². The van der Waals surface area contributed by atoms with Crippen molar-refractivity contribution in [3.05, 3.63) is 28.2 Å². The molecule has 1 fully saturated rings. The van der Waals surface area contributed by atoms with Crippen molar-refractivity contribution in [1.82, 2.24) is 5.32 Å². The van der Waals surface area contributed by atoms with Crippen molar-refractivity contribution < 1.29 is 14.7 Å². The lowest BCUT2D eigenvalue weighted by Gasteiger charge is -2.14. The molecule has 0 heterocycles. The fourth-order valence-corrected chi connectivity index (χ4v) is 2.63. The summed E-state index contributed by atoms with van der Waals surface area (Å²) < 4.78 is 0. The Labute approximate surface area is 126 Å². The number of rotatable bonds is 3. The Kier molecular flexibility index (Phi) is 4.73. The van der Waals surface area contributed by atoms with Crippen molar-refractivity contribution in [2.75, 3.05) is 5.32 Å². The molecule has 2 atom stereocenters. The number of nitrogens with one attached hydrogen (secondary N) is 2. The summed E-state index contributed by atoms with van der Waals surface area (Å²) in [6.45, 7) is 0. The first-order chi connectivity index (χ1) is 9.47. The summed E-state index contributed by atoms with van der Waals surface area (Å²) >= 11 is 11.8. The number of carbonyl (C=O) groups excluding carboxylic acids is 1. The number of benzene rings is 1. The van der Waals surface area contributed by atoms with Gasteiger partial charge in [-0.15, -0.1) is 0 Å². The molecular formula is C13H14Cl2N2O3. The number of carboxylic acid groups (broad SMARTS) is 1. The topological polar surface area (TPSA) is 78.4 Å². The molecule has 2 rings (SSSR count). The van der Waals surface area contributed by atoms with E-state index in [0.717, 1.165) is 0 Å².